The van der Waals surface area contributed by atoms with Gasteiger partial charge in [0.1, 0.15) is 0 Å². The van der Waals surface area contributed by atoms with Crippen LogP contribution in [0.2, 0.25) is 0 Å². The summed E-state index contributed by atoms with van der Waals surface area (Å²) in [7, 11) is 4.21. The number of amides is 1. The van der Waals surface area contributed by atoms with Crippen molar-refractivity contribution in [2.75, 3.05) is 33.8 Å². The van der Waals surface area contributed by atoms with Crippen LogP contribution in [0.15, 0.2) is 29.3 Å². The van der Waals surface area contributed by atoms with Crippen molar-refractivity contribution in [1.29, 1.82) is 0 Å². The summed E-state index contributed by atoms with van der Waals surface area (Å²) in [5, 5.41) is 2.75. The maximum atomic E-state index is 12.2. The lowest BCUT2D eigenvalue weighted by atomic mass is 10.1. The number of carbonyl (C=O) groups excluding carboxylic acids is 1. The van der Waals surface area contributed by atoms with Crippen LogP contribution in [0.3, 0.4) is 0 Å². The smallest absolute Gasteiger partial charge is 0.291 e. The zero-order valence-corrected chi connectivity index (χ0v) is 13.4. The second kappa shape index (κ2) is 9.13. The highest BCUT2D eigenvalue weighted by Gasteiger charge is 2.11. The first-order chi connectivity index (χ1) is 10.0. The van der Waals surface area contributed by atoms with E-state index in [4.69, 9.17) is 4.74 Å². The summed E-state index contributed by atoms with van der Waals surface area (Å²) in [5.41, 5.74) is 1.57. The molecule has 1 amide bonds. The third-order valence-electron chi connectivity index (χ3n) is 2.98. The maximum absolute atomic E-state index is 12.2. The number of aliphatic imine (C=N–C) groups is 1. The van der Waals surface area contributed by atoms with E-state index in [2.05, 4.69) is 24.4 Å². The monoisotopic (exact) mass is 292 g/mol. The Kier molecular flexibility index (Phi) is 7.46. The topological polar surface area (TPSA) is 55.1 Å². The summed E-state index contributed by atoms with van der Waals surface area (Å²) in [5.74, 6) is -0.182. The number of carbonyl (C=O) groups is 1. The normalized spacial score (nSPS) is 11.6. The number of quaternary nitrogens is 1. The predicted octanol–water partition coefficient (Wildman–Crippen LogP) is 0.652. The van der Waals surface area contributed by atoms with Gasteiger partial charge in [-0.25, -0.2) is 4.99 Å². The number of hydrogen-bond donors (Lipinski definition) is 2. The van der Waals surface area contributed by atoms with E-state index in [9.17, 15) is 4.79 Å². The Labute approximate surface area is 127 Å². The van der Waals surface area contributed by atoms with E-state index in [1.165, 1.54) is 4.90 Å². The Morgan fingerprint density at radius 1 is 1.33 bits per heavy atom. The molecule has 1 rings (SSSR count). The summed E-state index contributed by atoms with van der Waals surface area (Å²) < 4.78 is 5.39. The van der Waals surface area contributed by atoms with Crippen LogP contribution in [0.25, 0.3) is 0 Å². The van der Waals surface area contributed by atoms with Crippen molar-refractivity contribution in [2.45, 2.75) is 20.3 Å². The molecule has 2 N–H and O–H groups in total. The van der Waals surface area contributed by atoms with E-state index in [0.717, 1.165) is 18.5 Å². The van der Waals surface area contributed by atoms with Crippen molar-refractivity contribution in [1.82, 2.24) is 5.32 Å². The first-order valence-electron chi connectivity index (χ1n) is 7.37. The number of amidine groups is 1. The molecular weight excluding hydrogens is 266 g/mol. The van der Waals surface area contributed by atoms with Gasteiger partial charge in [-0.2, -0.15) is 0 Å². The van der Waals surface area contributed by atoms with E-state index in [-0.39, 0.29) is 5.91 Å². The van der Waals surface area contributed by atoms with Crippen LogP contribution in [0, 0.1) is 6.92 Å². The molecule has 0 aliphatic heterocycles. The van der Waals surface area contributed by atoms with Gasteiger partial charge in [-0.3, -0.25) is 10.1 Å². The second-order valence-corrected chi connectivity index (χ2v) is 5.20. The molecule has 0 aliphatic rings. The van der Waals surface area contributed by atoms with Crippen molar-refractivity contribution in [3.63, 3.8) is 0 Å². The Morgan fingerprint density at radius 3 is 2.67 bits per heavy atom. The Hall–Kier alpha value is -1.88. The molecule has 0 heterocycles. The molecule has 5 nitrogen and oxygen atoms in total. The van der Waals surface area contributed by atoms with Crippen LogP contribution in [-0.2, 0) is 4.74 Å². The van der Waals surface area contributed by atoms with Crippen molar-refractivity contribution >= 4 is 11.9 Å². The number of rotatable bonds is 6. The van der Waals surface area contributed by atoms with Gasteiger partial charge in [0, 0.05) is 18.5 Å². The van der Waals surface area contributed by atoms with Gasteiger partial charge >= 0.3 is 0 Å². The molecular formula is C16H26N3O2+. The van der Waals surface area contributed by atoms with Gasteiger partial charge in [-0.1, -0.05) is 18.2 Å². The molecule has 0 aromatic heterocycles. The summed E-state index contributed by atoms with van der Waals surface area (Å²) in [6.07, 6.45) is 0.957. The van der Waals surface area contributed by atoms with Crippen molar-refractivity contribution in [3.05, 3.63) is 35.4 Å². The van der Waals surface area contributed by atoms with Crippen molar-refractivity contribution in [2.24, 2.45) is 4.99 Å². The molecule has 5 heteroatoms. The molecule has 0 saturated carbocycles. The zero-order valence-electron chi connectivity index (χ0n) is 13.4. The third-order valence-corrected chi connectivity index (χ3v) is 2.98. The summed E-state index contributed by atoms with van der Waals surface area (Å²) >= 11 is 0. The fourth-order valence-corrected chi connectivity index (χ4v) is 1.86. The van der Waals surface area contributed by atoms with E-state index in [1.54, 1.807) is 6.07 Å². The number of ether oxygens (including phenoxy) is 1. The molecule has 0 fully saturated rings. The lowest BCUT2D eigenvalue weighted by molar-refractivity contribution is -0.858. The molecule has 1 aromatic carbocycles. The Bertz CT molecular complexity index is 484. The molecule has 0 spiro atoms. The molecule has 0 unspecified atom stereocenters. The largest absolute Gasteiger partial charge is 0.465 e. The van der Waals surface area contributed by atoms with Crippen molar-refractivity contribution in [3.8, 4) is 0 Å². The van der Waals surface area contributed by atoms with Gasteiger partial charge in [-0.15, -0.1) is 0 Å². The number of nitrogens with one attached hydrogen (secondary N) is 2. The third kappa shape index (κ3) is 6.40. The highest BCUT2D eigenvalue weighted by atomic mass is 16.5. The lowest BCUT2D eigenvalue weighted by Gasteiger charge is -2.11. The molecule has 0 aliphatic carbocycles. The van der Waals surface area contributed by atoms with Crippen LogP contribution in [0.1, 0.15) is 29.3 Å². The molecule has 0 atom stereocenters. The quantitative estimate of drug-likeness (QED) is 0.459. The Morgan fingerprint density at radius 2 is 2.05 bits per heavy atom. The highest BCUT2D eigenvalue weighted by molar-refractivity contribution is 6.04. The van der Waals surface area contributed by atoms with Gasteiger partial charge in [-0.05, 0) is 25.5 Å². The van der Waals surface area contributed by atoms with E-state index >= 15 is 0 Å². The van der Waals surface area contributed by atoms with Crippen LogP contribution in [0.4, 0.5) is 0 Å². The number of aryl methyl sites for hydroxylation is 1. The predicted molar refractivity (Wildman–Crippen MR) is 84.9 cm³/mol. The summed E-state index contributed by atoms with van der Waals surface area (Å²) in [6.45, 7) is 5.95. The van der Waals surface area contributed by atoms with Gasteiger partial charge < -0.3 is 9.64 Å². The van der Waals surface area contributed by atoms with Crippen LogP contribution in [-0.4, -0.2) is 45.7 Å². The number of hydrogen-bond acceptors (Lipinski definition) is 3. The van der Waals surface area contributed by atoms with Gasteiger partial charge in [0.2, 0.25) is 0 Å². The average Bonchev–Trinajstić information content (AvgIpc) is 2.43. The minimum Gasteiger partial charge on any atom is -0.465 e. The van der Waals surface area contributed by atoms with Crippen LogP contribution in [0.5, 0.6) is 0 Å². The summed E-state index contributed by atoms with van der Waals surface area (Å²) in [4.78, 5) is 17.9. The number of nitrogens with zero attached hydrogens (tertiary/aromatic N) is 1. The van der Waals surface area contributed by atoms with E-state index in [1.807, 2.05) is 32.0 Å². The molecule has 21 heavy (non-hydrogen) atoms. The van der Waals surface area contributed by atoms with Crippen LogP contribution >= 0.6 is 0 Å². The molecule has 1 aromatic rings. The Balaban J connectivity index is 2.63. The highest BCUT2D eigenvalue weighted by Crippen LogP contribution is 2.06. The van der Waals surface area contributed by atoms with Crippen LogP contribution < -0.4 is 10.2 Å². The molecule has 0 bridgehead atoms. The fraction of sp³-hybridized carbons (Fsp3) is 0.500. The molecule has 0 radical (unpaired) electrons. The minimum atomic E-state index is -0.182. The van der Waals surface area contributed by atoms with Gasteiger partial charge in [0.25, 0.3) is 11.9 Å². The first kappa shape index (κ1) is 17.2. The summed E-state index contributed by atoms with van der Waals surface area (Å²) in [6, 6.07) is 7.77. The second-order valence-electron chi connectivity index (χ2n) is 5.20. The maximum Gasteiger partial charge on any atom is 0.291 e. The van der Waals surface area contributed by atoms with Gasteiger partial charge in [0.05, 0.1) is 27.2 Å². The average molecular weight is 292 g/mol. The number of benzene rings is 1. The fourth-order valence-electron chi connectivity index (χ4n) is 1.86. The minimum absolute atomic E-state index is 0.182. The first-order valence-corrected chi connectivity index (χ1v) is 7.37. The van der Waals surface area contributed by atoms with E-state index < -0.39 is 0 Å². The van der Waals surface area contributed by atoms with Gasteiger partial charge in [0.15, 0.2) is 0 Å². The molecule has 116 valence electrons. The molecule has 0 saturated heterocycles. The SMILES string of the molecule is CCOC(=NCCC[NH+](C)C)NC(=O)c1ccccc1C. The zero-order chi connectivity index (χ0) is 15.7. The van der Waals surface area contributed by atoms with Crippen molar-refractivity contribution < 1.29 is 14.4 Å². The standard InChI is InChI=1S/C16H25N3O2/c1-5-21-16(17-11-8-12-19(3)4)18-15(20)14-10-7-6-9-13(14)2/h6-7,9-10H,5,8,11-12H2,1-4H3,(H,17,18,20)/p+1. The van der Waals surface area contributed by atoms with E-state index in [0.29, 0.717) is 24.7 Å². The lowest BCUT2D eigenvalue weighted by Crippen LogP contribution is -3.05.